The van der Waals surface area contributed by atoms with E-state index in [2.05, 4.69) is 0 Å². The van der Waals surface area contributed by atoms with Crippen LogP contribution < -0.4 is 0 Å². The molecule has 114 valence electrons. The summed E-state index contributed by atoms with van der Waals surface area (Å²) in [6.07, 6.45) is 0. The lowest BCUT2D eigenvalue weighted by atomic mass is 10.2. The number of nitrogens with zero attached hydrogens (tertiary/aromatic N) is 1. The zero-order valence-corrected chi connectivity index (χ0v) is 12.5. The molecule has 21 heavy (non-hydrogen) atoms. The van der Waals surface area contributed by atoms with Gasteiger partial charge in [0, 0.05) is 6.07 Å². The molecule has 1 rings (SSSR count). The Morgan fingerprint density at radius 2 is 1.90 bits per heavy atom. The van der Waals surface area contributed by atoms with Gasteiger partial charge in [0.05, 0.1) is 34.3 Å². The van der Waals surface area contributed by atoms with Crippen LogP contribution in [-0.2, 0) is 14.3 Å². The Hall–Kier alpha value is -2.09. The number of thioether (sulfide) groups is 1. The van der Waals surface area contributed by atoms with E-state index in [1.165, 1.54) is 12.1 Å². The Bertz CT molecular complexity index is 545. The number of nitro groups is 1. The summed E-state index contributed by atoms with van der Waals surface area (Å²) in [6.45, 7) is 3.77. The molecule has 7 nitrogen and oxygen atoms in total. The summed E-state index contributed by atoms with van der Waals surface area (Å²) in [7, 11) is 0. The number of hydrogen-bond donors (Lipinski definition) is 0. The van der Waals surface area contributed by atoms with E-state index < -0.39 is 16.9 Å². The van der Waals surface area contributed by atoms with Gasteiger partial charge in [-0.05, 0) is 26.0 Å². The molecule has 0 aromatic heterocycles. The van der Waals surface area contributed by atoms with Crippen molar-refractivity contribution in [2.45, 2.75) is 18.7 Å². The van der Waals surface area contributed by atoms with Gasteiger partial charge in [-0.25, -0.2) is 4.79 Å². The predicted octanol–water partition coefficient (Wildman–Crippen LogP) is 2.43. The summed E-state index contributed by atoms with van der Waals surface area (Å²) in [5.74, 6) is -1.11. The summed E-state index contributed by atoms with van der Waals surface area (Å²) in [4.78, 5) is 33.6. The number of hydrogen-bond acceptors (Lipinski definition) is 7. The molecule has 0 saturated heterocycles. The van der Waals surface area contributed by atoms with Crippen LogP contribution in [-0.4, -0.2) is 35.8 Å². The fourth-order valence-corrected chi connectivity index (χ4v) is 2.27. The van der Waals surface area contributed by atoms with Gasteiger partial charge in [-0.15, -0.1) is 11.8 Å². The second-order valence-corrected chi connectivity index (χ2v) is 4.77. The van der Waals surface area contributed by atoms with Crippen molar-refractivity contribution in [3.8, 4) is 0 Å². The molecule has 0 aliphatic rings. The fraction of sp³-hybridized carbons (Fsp3) is 0.385. The largest absolute Gasteiger partial charge is 0.465 e. The van der Waals surface area contributed by atoms with Crippen molar-refractivity contribution in [2.75, 3.05) is 19.0 Å². The highest BCUT2D eigenvalue weighted by molar-refractivity contribution is 8.00. The van der Waals surface area contributed by atoms with E-state index in [0.29, 0.717) is 4.90 Å². The maximum absolute atomic E-state index is 11.6. The second kappa shape index (κ2) is 8.25. The average molecular weight is 313 g/mol. The zero-order chi connectivity index (χ0) is 15.8. The van der Waals surface area contributed by atoms with Crippen LogP contribution in [0.5, 0.6) is 0 Å². The lowest BCUT2D eigenvalue weighted by Gasteiger charge is -2.05. The highest BCUT2D eigenvalue weighted by Gasteiger charge is 2.19. The van der Waals surface area contributed by atoms with Crippen LogP contribution >= 0.6 is 11.8 Å². The van der Waals surface area contributed by atoms with Gasteiger partial charge < -0.3 is 9.47 Å². The van der Waals surface area contributed by atoms with E-state index in [1.54, 1.807) is 13.8 Å². The third-order valence-corrected chi connectivity index (χ3v) is 3.35. The van der Waals surface area contributed by atoms with E-state index in [0.717, 1.165) is 17.8 Å². The van der Waals surface area contributed by atoms with Crippen molar-refractivity contribution in [3.63, 3.8) is 0 Å². The van der Waals surface area contributed by atoms with Gasteiger partial charge in [0.25, 0.3) is 5.69 Å². The van der Waals surface area contributed by atoms with Crippen LogP contribution in [0.15, 0.2) is 23.1 Å². The Balaban J connectivity index is 2.92. The maximum Gasteiger partial charge on any atom is 0.338 e. The van der Waals surface area contributed by atoms with Crippen molar-refractivity contribution in [2.24, 2.45) is 0 Å². The molecule has 0 atom stereocenters. The minimum absolute atomic E-state index is 0.0343. The van der Waals surface area contributed by atoms with Crippen LogP contribution in [0, 0.1) is 10.1 Å². The topological polar surface area (TPSA) is 95.7 Å². The third kappa shape index (κ3) is 5.07. The number of carbonyl (C=O) groups is 2. The van der Waals surface area contributed by atoms with Crippen molar-refractivity contribution in [1.29, 1.82) is 0 Å². The molecule has 0 saturated carbocycles. The molecule has 0 spiro atoms. The number of benzene rings is 1. The lowest BCUT2D eigenvalue weighted by Crippen LogP contribution is -2.08. The minimum atomic E-state index is -0.623. The highest BCUT2D eigenvalue weighted by Crippen LogP contribution is 2.30. The van der Waals surface area contributed by atoms with Gasteiger partial charge in [0.15, 0.2) is 0 Å². The normalized spacial score (nSPS) is 10.0. The average Bonchev–Trinajstić information content (AvgIpc) is 2.45. The maximum atomic E-state index is 11.6. The number of ether oxygens (including phenoxy) is 2. The Labute approximate surface area is 125 Å². The Morgan fingerprint density at radius 3 is 2.48 bits per heavy atom. The number of rotatable bonds is 7. The molecule has 1 aromatic rings. The molecule has 0 amide bonds. The first-order valence-electron chi connectivity index (χ1n) is 6.23. The first kappa shape index (κ1) is 17.0. The van der Waals surface area contributed by atoms with E-state index in [1.807, 2.05) is 0 Å². The van der Waals surface area contributed by atoms with E-state index in [4.69, 9.17) is 9.47 Å². The van der Waals surface area contributed by atoms with Crippen LogP contribution in [0.3, 0.4) is 0 Å². The van der Waals surface area contributed by atoms with E-state index >= 15 is 0 Å². The quantitative estimate of drug-likeness (QED) is 0.330. The van der Waals surface area contributed by atoms with Crippen LogP contribution in [0.25, 0.3) is 0 Å². The molecule has 0 fully saturated rings. The van der Waals surface area contributed by atoms with Gasteiger partial charge in [-0.2, -0.15) is 0 Å². The van der Waals surface area contributed by atoms with Crippen molar-refractivity contribution < 1.29 is 24.0 Å². The monoisotopic (exact) mass is 313 g/mol. The molecule has 0 aliphatic carbocycles. The van der Waals surface area contributed by atoms with Crippen LogP contribution in [0.2, 0.25) is 0 Å². The highest BCUT2D eigenvalue weighted by atomic mass is 32.2. The van der Waals surface area contributed by atoms with Crippen molar-refractivity contribution in [3.05, 3.63) is 33.9 Å². The van der Waals surface area contributed by atoms with Crippen LogP contribution in [0.4, 0.5) is 5.69 Å². The molecule has 0 heterocycles. The summed E-state index contributed by atoms with van der Waals surface area (Å²) >= 11 is 0.989. The molecule has 0 radical (unpaired) electrons. The first-order valence-corrected chi connectivity index (χ1v) is 7.22. The molecule has 8 heteroatoms. The van der Waals surface area contributed by atoms with Gasteiger partial charge >= 0.3 is 11.9 Å². The molecule has 0 bridgehead atoms. The fourth-order valence-electron chi connectivity index (χ4n) is 1.46. The summed E-state index contributed by atoms with van der Waals surface area (Å²) in [6, 6.07) is 4.00. The van der Waals surface area contributed by atoms with E-state index in [9.17, 15) is 19.7 Å². The zero-order valence-electron chi connectivity index (χ0n) is 11.7. The third-order valence-electron chi connectivity index (χ3n) is 2.32. The van der Waals surface area contributed by atoms with Crippen molar-refractivity contribution in [1.82, 2.24) is 0 Å². The molecule has 0 aliphatic heterocycles. The minimum Gasteiger partial charge on any atom is -0.465 e. The van der Waals surface area contributed by atoms with Gasteiger partial charge in [-0.1, -0.05) is 0 Å². The van der Waals surface area contributed by atoms with Gasteiger partial charge in [-0.3, -0.25) is 14.9 Å². The molecular formula is C13H15NO6S. The van der Waals surface area contributed by atoms with E-state index in [-0.39, 0.29) is 30.2 Å². The predicted molar refractivity (Wildman–Crippen MR) is 76.4 cm³/mol. The number of nitro benzene ring substituents is 1. The SMILES string of the molecule is CCOC(=O)CSc1ccc(C(=O)OCC)cc1[N+](=O)[O-]. The number of carbonyl (C=O) groups excluding carboxylic acids is 2. The summed E-state index contributed by atoms with van der Waals surface area (Å²) < 4.78 is 9.54. The summed E-state index contributed by atoms with van der Waals surface area (Å²) in [5.41, 5.74) is -0.140. The molecular weight excluding hydrogens is 298 g/mol. The van der Waals surface area contributed by atoms with Gasteiger partial charge in [0.2, 0.25) is 0 Å². The Morgan fingerprint density at radius 1 is 1.24 bits per heavy atom. The molecule has 0 N–H and O–H groups in total. The lowest BCUT2D eigenvalue weighted by molar-refractivity contribution is -0.387. The van der Waals surface area contributed by atoms with Crippen LogP contribution in [0.1, 0.15) is 24.2 Å². The number of esters is 2. The van der Waals surface area contributed by atoms with Crippen molar-refractivity contribution >= 4 is 29.4 Å². The summed E-state index contributed by atoms with van der Waals surface area (Å²) in [5, 5.41) is 11.0. The molecule has 0 unspecified atom stereocenters. The smallest absolute Gasteiger partial charge is 0.338 e. The second-order valence-electron chi connectivity index (χ2n) is 3.75. The molecule has 1 aromatic carbocycles. The van der Waals surface area contributed by atoms with Gasteiger partial charge in [0.1, 0.15) is 0 Å². The first-order chi connectivity index (χ1) is 9.99. The Kier molecular flexibility index (Phi) is 6.67. The standard InChI is InChI=1S/C13H15NO6S/c1-3-19-12(15)8-21-11-6-5-9(13(16)20-4-2)7-10(11)14(17)18/h5-7H,3-4,8H2,1-2H3.